The number of piperidine rings is 1. The Kier molecular flexibility index (Phi) is 6.07. The first kappa shape index (κ1) is 16.6. The van der Waals surface area contributed by atoms with Gasteiger partial charge in [0.2, 0.25) is 0 Å². The van der Waals surface area contributed by atoms with Crippen molar-refractivity contribution in [2.45, 2.75) is 38.3 Å². The summed E-state index contributed by atoms with van der Waals surface area (Å²) in [6.45, 7) is 3.91. The van der Waals surface area contributed by atoms with Gasteiger partial charge in [-0.15, -0.1) is 0 Å². The molecule has 22 heavy (non-hydrogen) atoms. The smallest absolute Gasteiger partial charge is 0.322 e. The number of benzene rings is 1. The zero-order valence-corrected chi connectivity index (χ0v) is 13.7. The molecule has 0 radical (unpaired) electrons. The van der Waals surface area contributed by atoms with Gasteiger partial charge < -0.3 is 14.4 Å². The Morgan fingerprint density at radius 1 is 1.45 bits per heavy atom. The normalized spacial score (nSPS) is 19.6. The van der Waals surface area contributed by atoms with Gasteiger partial charge in [-0.2, -0.15) is 0 Å². The first-order valence-electron chi connectivity index (χ1n) is 7.90. The highest BCUT2D eigenvalue weighted by atomic mass is 16.5. The minimum atomic E-state index is -0.222. The Morgan fingerprint density at radius 2 is 2.27 bits per heavy atom. The summed E-state index contributed by atoms with van der Waals surface area (Å²) in [4.78, 5) is 14.1. The number of rotatable bonds is 6. The SMILES string of the molecule is CC[C@@H](N[C@@H]1CCCN(c2cccc(OC)c2)C1)C(=O)OC. The molecule has 1 aromatic carbocycles. The second kappa shape index (κ2) is 8.03. The Hall–Kier alpha value is -1.75. The first-order valence-corrected chi connectivity index (χ1v) is 7.90. The summed E-state index contributed by atoms with van der Waals surface area (Å²) in [5.41, 5.74) is 1.16. The van der Waals surface area contributed by atoms with Crippen molar-refractivity contribution < 1.29 is 14.3 Å². The molecule has 1 aromatic rings. The van der Waals surface area contributed by atoms with E-state index in [1.807, 2.05) is 19.1 Å². The Bertz CT molecular complexity index is 493. The molecule has 1 saturated heterocycles. The van der Waals surface area contributed by atoms with Crippen LogP contribution in [0.15, 0.2) is 24.3 Å². The standard InChI is InChI=1S/C17H26N2O3/c1-4-16(17(20)22-3)18-13-7-6-10-19(12-13)14-8-5-9-15(11-14)21-2/h5,8-9,11,13,16,18H,4,6-7,10,12H2,1-3H3/t13-,16-/m1/s1. The fourth-order valence-electron chi connectivity index (χ4n) is 2.93. The van der Waals surface area contributed by atoms with Crippen molar-refractivity contribution in [3.63, 3.8) is 0 Å². The van der Waals surface area contributed by atoms with Gasteiger partial charge in [0, 0.05) is 30.9 Å². The van der Waals surface area contributed by atoms with E-state index >= 15 is 0 Å². The van der Waals surface area contributed by atoms with Crippen molar-refractivity contribution in [1.82, 2.24) is 5.32 Å². The van der Waals surface area contributed by atoms with Crippen LogP contribution in [0.3, 0.4) is 0 Å². The number of esters is 1. The van der Waals surface area contributed by atoms with Crippen LogP contribution >= 0.6 is 0 Å². The number of methoxy groups -OCH3 is 2. The van der Waals surface area contributed by atoms with Crippen molar-refractivity contribution in [3.8, 4) is 5.75 Å². The lowest BCUT2D eigenvalue weighted by Crippen LogP contribution is -2.51. The lowest BCUT2D eigenvalue weighted by atomic mass is 10.0. The van der Waals surface area contributed by atoms with Crippen molar-refractivity contribution in [3.05, 3.63) is 24.3 Å². The Labute approximate surface area is 132 Å². The third-order valence-electron chi connectivity index (χ3n) is 4.17. The van der Waals surface area contributed by atoms with Crippen LogP contribution in [-0.2, 0) is 9.53 Å². The maximum atomic E-state index is 11.7. The van der Waals surface area contributed by atoms with Crippen molar-refractivity contribution in [2.24, 2.45) is 0 Å². The number of hydrogen-bond acceptors (Lipinski definition) is 5. The fourth-order valence-corrected chi connectivity index (χ4v) is 2.93. The highest BCUT2D eigenvalue weighted by molar-refractivity contribution is 5.75. The third kappa shape index (κ3) is 4.13. The summed E-state index contributed by atoms with van der Waals surface area (Å²) in [7, 11) is 3.12. The van der Waals surface area contributed by atoms with E-state index in [0.29, 0.717) is 6.04 Å². The van der Waals surface area contributed by atoms with E-state index in [0.717, 1.165) is 43.8 Å². The number of anilines is 1. The number of ether oxygens (including phenoxy) is 2. The highest BCUT2D eigenvalue weighted by Crippen LogP contribution is 2.24. The largest absolute Gasteiger partial charge is 0.497 e. The minimum Gasteiger partial charge on any atom is -0.497 e. The molecule has 2 rings (SSSR count). The molecule has 122 valence electrons. The van der Waals surface area contributed by atoms with Crippen LogP contribution in [0, 0.1) is 0 Å². The molecule has 1 aliphatic heterocycles. The van der Waals surface area contributed by atoms with Gasteiger partial charge in [0.05, 0.1) is 14.2 Å². The second-order valence-electron chi connectivity index (χ2n) is 5.64. The zero-order chi connectivity index (χ0) is 15.9. The topological polar surface area (TPSA) is 50.8 Å². The van der Waals surface area contributed by atoms with Gasteiger partial charge in [-0.3, -0.25) is 10.1 Å². The lowest BCUT2D eigenvalue weighted by molar-refractivity contribution is -0.143. The molecule has 0 spiro atoms. The van der Waals surface area contributed by atoms with Gasteiger partial charge in [0.25, 0.3) is 0 Å². The summed E-state index contributed by atoms with van der Waals surface area (Å²) < 4.78 is 10.2. The van der Waals surface area contributed by atoms with E-state index < -0.39 is 0 Å². The molecule has 0 saturated carbocycles. The number of carbonyl (C=O) groups is 1. The summed E-state index contributed by atoms with van der Waals surface area (Å²) >= 11 is 0. The molecule has 5 heteroatoms. The molecule has 1 heterocycles. The maximum absolute atomic E-state index is 11.7. The summed E-state index contributed by atoms with van der Waals surface area (Å²) in [5.74, 6) is 0.689. The summed E-state index contributed by atoms with van der Waals surface area (Å²) in [6.07, 6.45) is 2.92. The highest BCUT2D eigenvalue weighted by Gasteiger charge is 2.25. The van der Waals surface area contributed by atoms with E-state index in [1.54, 1.807) is 7.11 Å². The van der Waals surface area contributed by atoms with Gasteiger partial charge in [0.15, 0.2) is 0 Å². The number of carbonyl (C=O) groups excluding carboxylic acids is 1. The van der Waals surface area contributed by atoms with Crippen LogP contribution in [0.5, 0.6) is 5.75 Å². The van der Waals surface area contributed by atoms with Crippen LogP contribution in [0.1, 0.15) is 26.2 Å². The van der Waals surface area contributed by atoms with Crippen LogP contribution in [0.2, 0.25) is 0 Å². The van der Waals surface area contributed by atoms with E-state index in [9.17, 15) is 4.79 Å². The van der Waals surface area contributed by atoms with Gasteiger partial charge in [-0.25, -0.2) is 0 Å². The lowest BCUT2D eigenvalue weighted by Gasteiger charge is -2.36. The van der Waals surface area contributed by atoms with Crippen LogP contribution in [0.4, 0.5) is 5.69 Å². The molecule has 2 atom stereocenters. The summed E-state index contributed by atoms with van der Waals surface area (Å²) in [6, 6.07) is 8.19. The fraction of sp³-hybridized carbons (Fsp3) is 0.588. The van der Waals surface area contributed by atoms with Gasteiger partial charge in [-0.1, -0.05) is 13.0 Å². The van der Waals surface area contributed by atoms with Gasteiger partial charge in [-0.05, 0) is 31.4 Å². The molecular formula is C17H26N2O3. The number of hydrogen-bond donors (Lipinski definition) is 1. The Balaban J connectivity index is 2.00. The average molecular weight is 306 g/mol. The molecule has 0 aromatic heterocycles. The second-order valence-corrected chi connectivity index (χ2v) is 5.64. The number of nitrogens with zero attached hydrogens (tertiary/aromatic N) is 1. The molecule has 0 bridgehead atoms. The molecule has 1 N–H and O–H groups in total. The molecule has 1 fully saturated rings. The Morgan fingerprint density at radius 3 is 2.95 bits per heavy atom. The molecule has 1 aliphatic rings. The maximum Gasteiger partial charge on any atom is 0.322 e. The van der Waals surface area contributed by atoms with Crippen LogP contribution in [0.25, 0.3) is 0 Å². The summed E-state index contributed by atoms with van der Waals surface area (Å²) in [5, 5.41) is 3.44. The first-order chi connectivity index (χ1) is 10.7. The zero-order valence-electron chi connectivity index (χ0n) is 13.7. The average Bonchev–Trinajstić information content (AvgIpc) is 2.59. The molecule has 0 aliphatic carbocycles. The quantitative estimate of drug-likeness (QED) is 0.817. The minimum absolute atomic E-state index is 0.180. The van der Waals surface area contributed by atoms with E-state index in [-0.39, 0.29) is 12.0 Å². The molecule has 0 amide bonds. The van der Waals surface area contributed by atoms with E-state index in [4.69, 9.17) is 9.47 Å². The van der Waals surface area contributed by atoms with Crippen molar-refractivity contribution in [1.29, 1.82) is 0 Å². The third-order valence-corrected chi connectivity index (χ3v) is 4.17. The van der Waals surface area contributed by atoms with E-state index in [1.165, 1.54) is 7.11 Å². The number of nitrogens with one attached hydrogen (secondary N) is 1. The van der Waals surface area contributed by atoms with Crippen molar-refractivity contribution >= 4 is 11.7 Å². The van der Waals surface area contributed by atoms with Gasteiger partial charge >= 0.3 is 5.97 Å². The predicted molar refractivity (Wildman–Crippen MR) is 87.5 cm³/mol. The van der Waals surface area contributed by atoms with Crippen LogP contribution in [-0.4, -0.2) is 45.4 Å². The molecule has 5 nitrogen and oxygen atoms in total. The molecule has 0 unspecified atom stereocenters. The van der Waals surface area contributed by atoms with Crippen LogP contribution < -0.4 is 15.0 Å². The van der Waals surface area contributed by atoms with E-state index in [2.05, 4.69) is 22.3 Å². The molecular weight excluding hydrogens is 280 g/mol. The predicted octanol–water partition coefficient (Wildman–Crippen LogP) is 2.21. The monoisotopic (exact) mass is 306 g/mol. The van der Waals surface area contributed by atoms with Gasteiger partial charge in [0.1, 0.15) is 11.8 Å². The van der Waals surface area contributed by atoms with Crippen molar-refractivity contribution in [2.75, 3.05) is 32.2 Å².